The van der Waals surface area contributed by atoms with Crippen LogP contribution < -0.4 is 0 Å². The maximum atomic E-state index is 5.16. The first-order chi connectivity index (χ1) is 5.20. The summed E-state index contributed by atoms with van der Waals surface area (Å²) >= 11 is 0. The molecule has 0 saturated heterocycles. The van der Waals surface area contributed by atoms with Gasteiger partial charge in [-0.1, -0.05) is 0 Å². The summed E-state index contributed by atoms with van der Waals surface area (Å²) in [5.74, 6) is 0. The average Bonchev–Trinajstić information content (AvgIpc) is 2.04. The highest BCUT2D eigenvalue weighted by Crippen LogP contribution is 2.01. The monoisotopic (exact) mass is 176 g/mol. The Bertz CT molecular complexity index is 78.2. The molecule has 0 amide bonds. The van der Waals surface area contributed by atoms with Crippen molar-refractivity contribution < 1.29 is 9.47 Å². The van der Waals surface area contributed by atoms with E-state index in [1.165, 1.54) is 12.1 Å². The zero-order chi connectivity index (χ0) is 8.69. The fourth-order valence-corrected chi connectivity index (χ4v) is 2.79. The highest BCUT2D eigenvalue weighted by Gasteiger charge is 2.02. The van der Waals surface area contributed by atoms with Crippen LogP contribution >= 0.6 is 0 Å². The molecule has 2 atom stereocenters. The van der Waals surface area contributed by atoms with E-state index in [2.05, 4.69) is 13.8 Å². The number of hydrogen-bond acceptors (Lipinski definition) is 2. The number of methoxy groups -OCH3 is 2. The summed E-state index contributed by atoms with van der Waals surface area (Å²) in [5, 5.41) is 0. The van der Waals surface area contributed by atoms with Crippen molar-refractivity contribution in [2.45, 2.75) is 38.1 Å². The standard InChI is InChI=1S/C8H20O2Si/c1-7(9-3)5-11-6-8(2)10-4/h7-8H,5-6,11H2,1-4H3. The highest BCUT2D eigenvalue weighted by atomic mass is 28.2. The molecule has 0 aromatic carbocycles. The SMILES string of the molecule is COC(C)C[SiH2]CC(C)OC. The lowest BCUT2D eigenvalue weighted by Crippen LogP contribution is -2.13. The molecule has 3 heteroatoms. The third-order valence-corrected chi connectivity index (χ3v) is 4.47. The second-order valence-corrected chi connectivity index (χ2v) is 4.89. The van der Waals surface area contributed by atoms with Gasteiger partial charge in [0.1, 0.15) is 0 Å². The minimum atomic E-state index is 0.0444. The van der Waals surface area contributed by atoms with Gasteiger partial charge in [-0.05, 0) is 25.9 Å². The third-order valence-electron chi connectivity index (χ3n) is 2.03. The van der Waals surface area contributed by atoms with Crippen molar-refractivity contribution in [3.63, 3.8) is 0 Å². The van der Waals surface area contributed by atoms with Gasteiger partial charge in [-0.15, -0.1) is 0 Å². The van der Waals surface area contributed by atoms with Crippen LogP contribution in [-0.4, -0.2) is 35.9 Å². The molecule has 11 heavy (non-hydrogen) atoms. The minimum absolute atomic E-state index is 0.0444. The first kappa shape index (κ1) is 11.1. The first-order valence-corrected chi connectivity index (χ1v) is 6.26. The van der Waals surface area contributed by atoms with E-state index in [-0.39, 0.29) is 9.52 Å². The zero-order valence-electron chi connectivity index (χ0n) is 8.09. The summed E-state index contributed by atoms with van der Waals surface area (Å²) in [6, 6.07) is 2.54. The molecular formula is C8H20O2Si. The summed E-state index contributed by atoms with van der Waals surface area (Å²) in [6.45, 7) is 4.26. The zero-order valence-corrected chi connectivity index (χ0v) is 9.51. The molecule has 0 aliphatic carbocycles. The molecule has 2 unspecified atom stereocenters. The van der Waals surface area contributed by atoms with E-state index in [1.54, 1.807) is 14.2 Å². The van der Waals surface area contributed by atoms with Crippen molar-refractivity contribution in [1.82, 2.24) is 0 Å². The van der Waals surface area contributed by atoms with Gasteiger partial charge in [-0.3, -0.25) is 0 Å². The molecule has 0 aromatic rings. The molecule has 0 aliphatic heterocycles. The number of rotatable bonds is 6. The smallest absolute Gasteiger partial charge is 0.0514 e. The second-order valence-electron chi connectivity index (χ2n) is 3.02. The number of ether oxygens (including phenoxy) is 2. The van der Waals surface area contributed by atoms with Crippen molar-refractivity contribution in [3.8, 4) is 0 Å². The van der Waals surface area contributed by atoms with Crippen LogP contribution in [0.5, 0.6) is 0 Å². The molecule has 0 N–H and O–H groups in total. The molecule has 0 spiro atoms. The van der Waals surface area contributed by atoms with Gasteiger partial charge in [0.25, 0.3) is 0 Å². The van der Waals surface area contributed by atoms with Gasteiger partial charge >= 0.3 is 0 Å². The van der Waals surface area contributed by atoms with Gasteiger partial charge in [-0.25, -0.2) is 0 Å². The van der Waals surface area contributed by atoms with Crippen LogP contribution in [-0.2, 0) is 9.47 Å². The molecular weight excluding hydrogens is 156 g/mol. The molecule has 0 aromatic heterocycles. The van der Waals surface area contributed by atoms with Gasteiger partial charge in [0.15, 0.2) is 0 Å². The van der Waals surface area contributed by atoms with Crippen molar-refractivity contribution in [2.24, 2.45) is 0 Å². The molecule has 0 heterocycles. The van der Waals surface area contributed by atoms with Crippen LogP contribution in [0.2, 0.25) is 12.1 Å². The Hall–Kier alpha value is 0.137. The van der Waals surface area contributed by atoms with E-state index in [9.17, 15) is 0 Å². The summed E-state index contributed by atoms with van der Waals surface area (Å²) in [6.07, 6.45) is 0.899. The lowest BCUT2D eigenvalue weighted by atomic mass is 10.5. The molecule has 0 saturated carbocycles. The van der Waals surface area contributed by atoms with Crippen molar-refractivity contribution in [2.75, 3.05) is 14.2 Å². The van der Waals surface area contributed by atoms with E-state index in [0.717, 1.165) is 0 Å². The lowest BCUT2D eigenvalue weighted by molar-refractivity contribution is 0.128. The lowest BCUT2D eigenvalue weighted by Gasteiger charge is -2.11. The van der Waals surface area contributed by atoms with Crippen LogP contribution in [0.3, 0.4) is 0 Å². The van der Waals surface area contributed by atoms with E-state index < -0.39 is 0 Å². The third kappa shape index (κ3) is 6.53. The van der Waals surface area contributed by atoms with Crippen LogP contribution in [0, 0.1) is 0 Å². The molecule has 0 fully saturated rings. The van der Waals surface area contributed by atoms with Crippen molar-refractivity contribution in [3.05, 3.63) is 0 Å². The van der Waals surface area contributed by atoms with Crippen LogP contribution in [0.1, 0.15) is 13.8 Å². The largest absolute Gasteiger partial charge is 0.382 e. The topological polar surface area (TPSA) is 18.5 Å². The number of hydrogen-bond donors (Lipinski definition) is 0. The Morgan fingerprint density at radius 2 is 1.36 bits per heavy atom. The average molecular weight is 176 g/mol. The van der Waals surface area contributed by atoms with E-state index >= 15 is 0 Å². The van der Waals surface area contributed by atoms with Crippen LogP contribution in [0.15, 0.2) is 0 Å². The van der Waals surface area contributed by atoms with Crippen LogP contribution in [0.25, 0.3) is 0 Å². The molecule has 0 bridgehead atoms. The van der Waals surface area contributed by atoms with Gasteiger partial charge in [0.05, 0.1) is 12.2 Å². The van der Waals surface area contributed by atoms with Crippen molar-refractivity contribution in [1.29, 1.82) is 0 Å². The van der Waals surface area contributed by atoms with E-state index in [4.69, 9.17) is 9.47 Å². The predicted octanol–water partition coefficient (Wildman–Crippen LogP) is 1.06. The Morgan fingerprint density at radius 3 is 1.64 bits per heavy atom. The normalized spacial score (nSPS) is 17.5. The maximum Gasteiger partial charge on any atom is 0.0514 e. The second kappa shape index (κ2) is 6.82. The van der Waals surface area contributed by atoms with Gasteiger partial charge < -0.3 is 9.47 Å². The van der Waals surface area contributed by atoms with Gasteiger partial charge in [0.2, 0.25) is 0 Å². The maximum absolute atomic E-state index is 5.16. The predicted molar refractivity (Wildman–Crippen MR) is 51.1 cm³/mol. The Balaban J connectivity index is 3.13. The van der Waals surface area contributed by atoms with Gasteiger partial charge in [-0.2, -0.15) is 0 Å². The van der Waals surface area contributed by atoms with Crippen molar-refractivity contribution >= 4 is 9.52 Å². The Labute approximate surface area is 72.1 Å². The van der Waals surface area contributed by atoms with E-state index in [0.29, 0.717) is 12.2 Å². The fraction of sp³-hybridized carbons (Fsp3) is 1.00. The summed E-state index contributed by atoms with van der Waals surface area (Å²) in [5.41, 5.74) is 0. The highest BCUT2D eigenvalue weighted by molar-refractivity contribution is 6.35. The quantitative estimate of drug-likeness (QED) is 0.563. The molecule has 0 radical (unpaired) electrons. The Morgan fingerprint density at radius 1 is 1.00 bits per heavy atom. The first-order valence-electron chi connectivity index (χ1n) is 4.26. The molecule has 2 nitrogen and oxygen atoms in total. The molecule has 68 valence electrons. The molecule has 0 rings (SSSR count). The van der Waals surface area contributed by atoms with E-state index in [1.807, 2.05) is 0 Å². The fourth-order valence-electron chi connectivity index (χ4n) is 0.928. The van der Waals surface area contributed by atoms with Crippen LogP contribution in [0.4, 0.5) is 0 Å². The summed E-state index contributed by atoms with van der Waals surface area (Å²) in [4.78, 5) is 0. The minimum Gasteiger partial charge on any atom is -0.382 e. The van der Waals surface area contributed by atoms with Gasteiger partial charge in [0, 0.05) is 23.7 Å². The summed E-state index contributed by atoms with van der Waals surface area (Å²) < 4.78 is 10.3. The molecule has 0 aliphatic rings. The summed E-state index contributed by atoms with van der Waals surface area (Å²) in [7, 11) is 3.60. The Kier molecular flexibility index (Phi) is 6.91.